The van der Waals surface area contributed by atoms with Crippen LogP contribution in [0.15, 0.2) is 48.5 Å². The Morgan fingerprint density at radius 1 is 1.03 bits per heavy atom. The molecule has 2 N–H and O–H groups in total. The van der Waals surface area contributed by atoms with Gasteiger partial charge in [-0.3, -0.25) is 0 Å². The summed E-state index contributed by atoms with van der Waals surface area (Å²) >= 11 is 0. The van der Waals surface area contributed by atoms with E-state index >= 15 is 0 Å². The molecule has 1 atom stereocenters. The molecule has 0 aliphatic carbocycles. The molecule has 0 spiro atoms. The normalized spacial score (nSPS) is 26.3. The van der Waals surface area contributed by atoms with Crippen molar-refractivity contribution in [2.24, 2.45) is 0 Å². The highest BCUT2D eigenvalue weighted by Gasteiger charge is 2.56. The monoisotopic (exact) mass is 445 g/mol. The topological polar surface area (TPSA) is 41.5 Å². The third-order valence-electron chi connectivity index (χ3n) is 6.35. The molecule has 2 heterocycles. The van der Waals surface area contributed by atoms with Crippen molar-refractivity contribution in [3.8, 4) is 5.75 Å². The number of nitrogens with one attached hydrogen (secondary N) is 1. The van der Waals surface area contributed by atoms with Gasteiger partial charge in [0.1, 0.15) is 11.6 Å². The number of aryl methyl sites for hydroxylation is 1. The van der Waals surface area contributed by atoms with Gasteiger partial charge in [-0.05, 0) is 73.9 Å². The van der Waals surface area contributed by atoms with Crippen molar-refractivity contribution in [3.05, 3.63) is 65.5 Å². The third-order valence-corrected chi connectivity index (χ3v) is 6.35. The average molecular weight is 446 g/mol. The first kappa shape index (κ1) is 22.8. The molecule has 4 rings (SSSR count). The number of ether oxygens (including phenoxy) is 1. The Balaban J connectivity index is 0.00000256. The lowest BCUT2D eigenvalue weighted by Crippen LogP contribution is -2.46. The first-order valence-corrected chi connectivity index (χ1v) is 9.76. The molecular formula is C22H24ClF4NO2. The number of halogens is 5. The van der Waals surface area contributed by atoms with Gasteiger partial charge in [-0.1, -0.05) is 24.3 Å². The van der Waals surface area contributed by atoms with E-state index in [2.05, 4.69) is 10.1 Å². The lowest BCUT2D eigenvalue weighted by molar-refractivity contribution is -0.274. The smallest absolute Gasteiger partial charge is 0.406 e. The van der Waals surface area contributed by atoms with Crippen LogP contribution in [-0.4, -0.2) is 22.5 Å². The van der Waals surface area contributed by atoms with E-state index < -0.39 is 18.0 Å². The summed E-state index contributed by atoms with van der Waals surface area (Å²) in [5, 5.41) is 14.5. The van der Waals surface area contributed by atoms with Gasteiger partial charge in [-0.15, -0.1) is 25.6 Å². The number of benzene rings is 2. The molecule has 3 nitrogen and oxygen atoms in total. The van der Waals surface area contributed by atoms with E-state index in [4.69, 9.17) is 0 Å². The summed E-state index contributed by atoms with van der Waals surface area (Å²) in [5.41, 5.74) is 0.967. The van der Waals surface area contributed by atoms with Crippen LogP contribution >= 0.6 is 12.4 Å². The van der Waals surface area contributed by atoms with E-state index in [1.54, 1.807) is 24.3 Å². The number of rotatable bonds is 6. The van der Waals surface area contributed by atoms with Gasteiger partial charge >= 0.3 is 6.36 Å². The van der Waals surface area contributed by atoms with E-state index in [0.29, 0.717) is 12.0 Å². The molecule has 0 saturated carbocycles. The molecule has 2 aliphatic rings. The zero-order valence-corrected chi connectivity index (χ0v) is 17.0. The zero-order valence-electron chi connectivity index (χ0n) is 16.2. The predicted molar refractivity (Wildman–Crippen MR) is 107 cm³/mol. The van der Waals surface area contributed by atoms with E-state index in [1.807, 2.05) is 0 Å². The Bertz CT molecular complexity index is 864. The van der Waals surface area contributed by atoms with Gasteiger partial charge in [0, 0.05) is 11.1 Å². The van der Waals surface area contributed by atoms with Crippen molar-refractivity contribution in [1.29, 1.82) is 0 Å². The average Bonchev–Trinajstić information content (AvgIpc) is 3.24. The van der Waals surface area contributed by atoms with Gasteiger partial charge in [0.05, 0.1) is 6.10 Å². The number of aliphatic hydroxyl groups excluding tert-OH is 1. The summed E-state index contributed by atoms with van der Waals surface area (Å²) < 4.78 is 54.3. The number of hydrogen-bond donors (Lipinski definition) is 2. The minimum atomic E-state index is -4.69. The van der Waals surface area contributed by atoms with Crippen LogP contribution < -0.4 is 10.1 Å². The summed E-state index contributed by atoms with van der Waals surface area (Å²) in [7, 11) is 0. The molecule has 164 valence electrons. The maximum Gasteiger partial charge on any atom is 0.573 e. The fourth-order valence-corrected chi connectivity index (χ4v) is 4.84. The Morgan fingerprint density at radius 2 is 1.70 bits per heavy atom. The van der Waals surface area contributed by atoms with Gasteiger partial charge in [0.2, 0.25) is 0 Å². The Hall–Kier alpha value is -1.83. The van der Waals surface area contributed by atoms with E-state index in [-0.39, 0.29) is 29.5 Å². The van der Waals surface area contributed by atoms with Crippen molar-refractivity contribution < 1.29 is 27.4 Å². The minimum Gasteiger partial charge on any atom is -0.406 e. The number of hydrogen-bond acceptors (Lipinski definition) is 3. The SMILES string of the molecule is Cl.O[C@@H](c1cccc(F)c1)C12CCC(CCc3ccc(OC(F)(F)F)cc3)(CC1)N2. The van der Waals surface area contributed by atoms with E-state index in [0.717, 1.165) is 37.7 Å². The quantitative estimate of drug-likeness (QED) is 0.579. The fraction of sp³-hybridized carbons (Fsp3) is 0.455. The van der Waals surface area contributed by atoms with Gasteiger partial charge in [-0.2, -0.15) is 0 Å². The number of alkyl halides is 3. The van der Waals surface area contributed by atoms with Crippen LogP contribution in [0.5, 0.6) is 5.75 Å². The van der Waals surface area contributed by atoms with Crippen LogP contribution in [0.3, 0.4) is 0 Å². The van der Waals surface area contributed by atoms with Crippen LogP contribution in [0.1, 0.15) is 49.3 Å². The first-order valence-electron chi connectivity index (χ1n) is 9.76. The summed E-state index contributed by atoms with van der Waals surface area (Å²) in [6.07, 6.45) is -0.490. The molecule has 2 saturated heterocycles. The van der Waals surface area contributed by atoms with Crippen LogP contribution in [0.25, 0.3) is 0 Å². The lowest BCUT2D eigenvalue weighted by atomic mass is 9.76. The van der Waals surface area contributed by atoms with Gasteiger partial charge in [0.15, 0.2) is 0 Å². The van der Waals surface area contributed by atoms with Crippen LogP contribution in [0.2, 0.25) is 0 Å². The van der Waals surface area contributed by atoms with E-state index in [1.165, 1.54) is 24.3 Å². The second kappa shape index (κ2) is 8.36. The molecular weight excluding hydrogens is 422 g/mol. The van der Waals surface area contributed by atoms with Crippen LogP contribution in [-0.2, 0) is 6.42 Å². The molecule has 0 radical (unpaired) electrons. The molecule has 30 heavy (non-hydrogen) atoms. The molecule has 0 amide bonds. The molecule has 2 aliphatic heterocycles. The lowest BCUT2D eigenvalue weighted by Gasteiger charge is -2.32. The van der Waals surface area contributed by atoms with E-state index in [9.17, 15) is 22.7 Å². The fourth-order valence-electron chi connectivity index (χ4n) is 4.84. The molecule has 2 aromatic rings. The maximum atomic E-state index is 13.6. The second-order valence-corrected chi connectivity index (χ2v) is 8.21. The highest BCUT2D eigenvalue weighted by Crippen LogP contribution is 2.52. The third kappa shape index (κ3) is 4.74. The summed E-state index contributed by atoms with van der Waals surface area (Å²) in [6.45, 7) is 0. The minimum absolute atomic E-state index is 0. The Kier molecular flexibility index (Phi) is 6.37. The largest absolute Gasteiger partial charge is 0.573 e. The van der Waals surface area contributed by atoms with Crippen molar-refractivity contribution in [3.63, 3.8) is 0 Å². The molecule has 0 aromatic heterocycles. The standard InChI is InChI=1S/C22H23F4NO2.ClH/c23-17-3-1-2-16(14-17)19(28)21-12-10-20(27-21,11-13-21)9-8-15-4-6-18(7-5-15)29-22(24,25)26;/h1-7,14,19,27-28H,8-13H2;1H/t19-,20?,21?;/m0./s1. The Labute approximate surface area is 178 Å². The molecule has 0 unspecified atom stereocenters. The predicted octanol–water partition coefficient (Wildman–Crippen LogP) is 5.47. The highest BCUT2D eigenvalue weighted by molar-refractivity contribution is 5.85. The maximum absolute atomic E-state index is 13.6. The summed E-state index contributed by atoms with van der Waals surface area (Å²) in [4.78, 5) is 0. The second-order valence-electron chi connectivity index (χ2n) is 8.21. The zero-order chi connectivity index (χ0) is 20.7. The van der Waals surface area contributed by atoms with Gasteiger partial charge < -0.3 is 15.2 Å². The summed E-state index contributed by atoms with van der Waals surface area (Å²) in [6, 6.07) is 12.0. The first-order chi connectivity index (χ1) is 13.7. The molecule has 2 fully saturated rings. The van der Waals surface area contributed by atoms with Crippen LogP contribution in [0.4, 0.5) is 17.6 Å². The number of fused-ring (bicyclic) bond motifs is 2. The molecule has 8 heteroatoms. The number of aliphatic hydroxyl groups is 1. The summed E-state index contributed by atoms with van der Waals surface area (Å²) in [5.74, 6) is -0.588. The van der Waals surface area contributed by atoms with Crippen molar-refractivity contribution in [1.82, 2.24) is 5.32 Å². The highest BCUT2D eigenvalue weighted by atomic mass is 35.5. The molecule has 2 aromatic carbocycles. The van der Waals surface area contributed by atoms with Gasteiger partial charge in [-0.25, -0.2) is 4.39 Å². The van der Waals surface area contributed by atoms with Crippen LogP contribution in [0, 0.1) is 5.82 Å². The van der Waals surface area contributed by atoms with Crippen molar-refractivity contribution >= 4 is 12.4 Å². The van der Waals surface area contributed by atoms with Crippen molar-refractivity contribution in [2.75, 3.05) is 0 Å². The van der Waals surface area contributed by atoms with Crippen molar-refractivity contribution in [2.45, 2.75) is 62.1 Å². The Morgan fingerprint density at radius 3 is 2.30 bits per heavy atom. The van der Waals surface area contributed by atoms with Gasteiger partial charge in [0.25, 0.3) is 0 Å². The molecule has 2 bridgehead atoms.